The summed E-state index contributed by atoms with van der Waals surface area (Å²) in [5.41, 5.74) is 0. The van der Waals surface area contributed by atoms with E-state index in [0.717, 1.165) is 25.7 Å². The molecule has 0 aliphatic rings. The molecule has 0 amide bonds. The molecule has 0 saturated carbocycles. The molecule has 78 valence electrons. The molecule has 0 aromatic carbocycles. The predicted molar refractivity (Wildman–Crippen MR) is 54.9 cm³/mol. The van der Waals surface area contributed by atoms with Gasteiger partial charge in [-0.05, 0) is 19.8 Å². The highest BCUT2D eigenvalue weighted by molar-refractivity contribution is 5.49. The molecular formula is C11H22O2. The lowest BCUT2D eigenvalue weighted by atomic mass is 10.1. The second-order valence-corrected chi connectivity index (χ2v) is 3.32. The molecule has 0 N–H and O–H groups in total. The molecule has 0 aromatic rings. The maximum absolute atomic E-state index is 10.2. The van der Waals surface area contributed by atoms with Gasteiger partial charge in [-0.2, -0.15) is 0 Å². The normalized spacial score (nSPS) is 12.8. The first-order chi connectivity index (χ1) is 6.35. The van der Waals surface area contributed by atoms with Crippen LogP contribution in [0.1, 0.15) is 52.4 Å². The van der Waals surface area contributed by atoms with Crippen molar-refractivity contribution < 1.29 is 9.53 Å². The van der Waals surface area contributed by atoms with Crippen LogP contribution >= 0.6 is 0 Å². The minimum Gasteiger partial charge on any atom is -0.378 e. The second kappa shape index (κ2) is 9.72. The van der Waals surface area contributed by atoms with E-state index in [0.29, 0.717) is 12.5 Å². The number of ether oxygens (including phenoxy) is 1. The van der Waals surface area contributed by atoms with Gasteiger partial charge in [-0.3, -0.25) is 0 Å². The summed E-state index contributed by atoms with van der Waals surface area (Å²) in [6.45, 7) is 4.96. The number of carbonyl (C=O) groups is 1. The lowest BCUT2D eigenvalue weighted by Gasteiger charge is -2.15. The zero-order valence-corrected chi connectivity index (χ0v) is 8.92. The number of hydrogen-bond acceptors (Lipinski definition) is 2. The second-order valence-electron chi connectivity index (χ2n) is 3.32. The summed E-state index contributed by atoms with van der Waals surface area (Å²) >= 11 is 0. The average molecular weight is 186 g/mol. The average Bonchev–Trinajstić information content (AvgIpc) is 2.14. The first kappa shape index (κ1) is 12.6. The molecule has 13 heavy (non-hydrogen) atoms. The van der Waals surface area contributed by atoms with Crippen LogP contribution < -0.4 is 0 Å². The van der Waals surface area contributed by atoms with Crippen LogP contribution in [0.4, 0.5) is 0 Å². The first-order valence-corrected chi connectivity index (χ1v) is 5.40. The van der Waals surface area contributed by atoms with Crippen LogP contribution in [0.3, 0.4) is 0 Å². The Kier molecular flexibility index (Phi) is 9.44. The molecule has 1 atom stereocenters. The van der Waals surface area contributed by atoms with E-state index in [4.69, 9.17) is 4.74 Å². The van der Waals surface area contributed by atoms with Gasteiger partial charge in [-0.25, -0.2) is 0 Å². The molecule has 0 aliphatic carbocycles. The van der Waals surface area contributed by atoms with Gasteiger partial charge in [0.1, 0.15) is 6.29 Å². The van der Waals surface area contributed by atoms with E-state index in [-0.39, 0.29) is 0 Å². The van der Waals surface area contributed by atoms with Crippen molar-refractivity contribution >= 4 is 6.29 Å². The van der Waals surface area contributed by atoms with Crippen LogP contribution in [0.15, 0.2) is 0 Å². The van der Waals surface area contributed by atoms with Crippen LogP contribution in [0.2, 0.25) is 0 Å². The van der Waals surface area contributed by atoms with Gasteiger partial charge in [0.2, 0.25) is 0 Å². The summed E-state index contributed by atoms with van der Waals surface area (Å²) in [4.78, 5) is 10.2. The minimum atomic E-state index is 0.307. The molecule has 0 heterocycles. The number of hydrogen-bond donors (Lipinski definition) is 0. The third kappa shape index (κ3) is 7.97. The van der Waals surface area contributed by atoms with E-state index < -0.39 is 0 Å². The molecule has 0 aliphatic heterocycles. The highest BCUT2D eigenvalue weighted by atomic mass is 16.5. The smallest absolute Gasteiger partial charge is 0.120 e. The number of rotatable bonds is 9. The van der Waals surface area contributed by atoms with E-state index in [9.17, 15) is 4.79 Å². The van der Waals surface area contributed by atoms with E-state index in [1.54, 1.807) is 0 Å². The summed E-state index contributed by atoms with van der Waals surface area (Å²) in [7, 11) is 0. The maximum atomic E-state index is 10.2. The van der Waals surface area contributed by atoms with E-state index in [2.05, 4.69) is 6.92 Å². The highest BCUT2D eigenvalue weighted by Crippen LogP contribution is 2.11. The monoisotopic (exact) mass is 186 g/mol. The molecular weight excluding hydrogens is 164 g/mol. The van der Waals surface area contributed by atoms with Gasteiger partial charge in [-0.1, -0.05) is 26.2 Å². The molecule has 0 radical (unpaired) electrons. The lowest BCUT2D eigenvalue weighted by molar-refractivity contribution is -0.108. The summed E-state index contributed by atoms with van der Waals surface area (Å²) < 4.78 is 5.53. The molecule has 0 saturated heterocycles. The van der Waals surface area contributed by atoms with Gasteiger partial charge in [0.05, 0.1) is 6.10 Å². The fraction of sp³-hybridized carbons (Fsp3) is 0.909. The topological polar surface area (TPSA) is 26.3 Å². The Morgan fingerprint density at radius 1 is 1.23 bits per heavy atom. The largest absolute Gasteiger partial charge is 0.378 e. The molecule has 0 spiro atoms. The molecule has 0 fully saturated rings. The minimum absolute atomic E-state index is 0.307. The molecule has 2 nitrogen and oxygen atoms in total. The molecule has 0 rings (SSSR count). The van der Waals surface area contributed by atoms with Crippen molar-refractivity contribution in [2.24, 2.45) is 0 Å². The van der Waals surface area contributed by atoms with Crippen molar-refractivity contribution in [3.8, 4) is 0 Å². The van der Waals surface area contributed by atoms with Crippen LogP contribution in [0.25, 0.3) is 0 Å². The Hall–Kier alpha value is -0.370. The van der Waals surface area contributed by atoms with Gasteiger partial charge in [0.25, 0.3) is 0 Å². The third-order valence-corrected chi connectivity index (χ3v) is 2.14. The van der Waals surface area contributed by atoms with Crippen LogP contribution in [0.5, 0.6) is 0 Å². The van der Waals surface area contributed by atoms with E-state index in [1.165, 1.54) is 19.3 Å². The fourth-order valence-electron chi connectivity index (χ4n) is 1.42. The van der Waals surface area contributed by atoms with Gasteiger partial charge in [0, 0.05) is 13.0 Å². The Morgan fingerprint density at radius 3 is 2.54 bits per heavy atom. The SMILES string of the molecule is CCCCCC(CCC=O)OCC. The van der Waals surface area contributed by atoms with Crippen molar-refractivity contribution in [2.45, 2.75) is 58.5 Å². The molecule has 2 heteroatoms. The highest BCUT2D eigenvalue weighted by Gasteiger charge is 2.06. The zero-order chi connectivity index (χ0) is 9.94. The van der Waals surface area contributed by atoms with Crippen molar-refractivity contribution in [2.75, 3.05) is 6.61 Å². The van der Waals surface area contributed by atoms with Crippen LogP contribution in [-0.4, -0.2) is 19.0 Å². The fourth-order valence-corrected chi connectivity index (χ4v) is 1.42. The third-order valence-electron chi connectivity index (χ3n) is 2.14. The maximum Gasteiger partial charge on any atom is 0.120 e. The number of aldehydes is 1. The molecule has 0 aromatic heterocycles. The lowest BCUT2D eigenvalue weighted by Crippen LogP contribution is -2.12. The van der Waals surface area contributed by atoms with E-state index in [1.807, 2.05) is 6.92 Å². The van der Waals surface area contributed by atoms with E-state index >= 15 is 0 Å². The zero-order valence-electron chi connectivity index (χ0n) is 8.92. The van der Waals surface area contributed by atoms with Gasteiger partial charge in [0.15, 0.2) is 0 Å². The molecule has 1 unspecified atom stereocenters. The van der Waals surface area contributed by atoms with Crippen molar-refractivity contribution in [3.63, 3.8) is 0 Å². The van der Waals surface area contributed by atoms with Crippen molar-refractivity contribution in [3.05, 3.63) is 0 Å². The van der Waals surface area contributed by atoms with Gasteiger partial charge >= 0.3 is 0 Å². The Labute approximate surface area is 81.7 Å². The number of carbonyl (C=O) groups excluding carboxylic acids is 1. The number of unbranched alkanes of at least 4 members (excludes halogenated alkanes) is 2. The van der Waals surface area contributed by atoms with Crippen molar-refractivity contribution in [1.29, 1.82) is 0 Å². The first-order valence-electron chi connectivity index (χ1n) is 5.40. The summed E-state index contributed by atoms with van der Waals surface area (Å²) in [6, 6.07) is 0. The summed E-state index contributed by atoms with van der Waals surface area (Å²) in [6.07, 6.45) is 7.65. The van der Waals surface area contributed by atoms with Gasteiger partial charge < -0.3 is 9.53 Å². The Bertz CT molecular complexity index is 113. The van der Waals surface area contributed by atoms with Crippen LogP contribution in [0, 0.1) is 0 Å². The Morgan fingerprint density at radius 2 is 2.00 bits per heavy atom. The summed E-state index contributed by atoms with van der Waals surface area (Å²) in [5, 5.41) is 0. The standard InChI is InChI=1S/C11H22O2/c1-3-5-6-8-11(13-4-2)9-7-10-12/h10-11H,3-9H2,1-2H3. The van der Waals surface area contributed by atoms with Crippen molar-refractivity contribution in [1.82, 2.24) is 0 Å². The Balaban J connectivity index is 3.46. The summed E-state index contributed by atoms with van der Waals surface area (Å²) in [5.74, 6) is 0. The van der Waals surface area contributed by atoms with Crippen LogP contribution in [-0.2, 0) is 9.53 Å². The van der Waals surface area contributed by atoms with Gasteiger partial charge in [-0.15, -0.1) is 0 Å². The molecule has 0 bridgehead atoms. The quantitative estimate of drug-likeness (QED) is 0.409. The predicted octanol–water partition coefficient (Wildman–Crippen LogP) is 2.95.